The molecule has 0 atom stereocenters. The third-order valence-electron chi connectivity index (χ3n) is 1.90. The number of carbonyl (C=O) groups is 1. The molecule has 76 valence electrons. The van der Waals surface area contributed by atoms with Crippen LogP contribution >= 0.6 is 22.6 Å². The molecule has 1 N–H and O–H groups in total. The van der Waals surface area contributed by atoms with Crippen molar-refractivity contribution in [1.82, 2.24) is 5.32 Å². The minimum Gasteiger partial charge on any atom is -0.352 e. The van der Waals surface area contributed by atoms with Crippen LogP contribution in [-0.4, -0.2) is 12.5 Å². The molecule has 0 radical (unpaired) electrons. The Hall–Kier alpha value is -0.580. The molecule has 1 aromatic rings. The summed E-state index contributed by atoms with van der Waals surface area (Å²) < 4.78 is 1.01. The molecule has 3 heteroatoms. The minimum absolute atomic E-state index is 0.0243. The van der Waals surface area contributed by atoms with Gasteiger partial charge in [-0.2, -0.15) is 0 Å². The van der Waals surface area contributed by atoms with Crippen LogP contribution < -0.4 is 5.32 Å². The molecule has 1 rings (SSSR count). The Kier molecular flexibility index (Phi) is 4.38. The van der Waals surface area contributed by atoms with E-state index in [9.17, 15) is 4.79 Å². The summed E-state index contributed by atoms with van der Waals surface area (Å²) in [5.41, 5.74) is 1.95. The van der Waals surface area contributed by atoms with E-state index in [4.69, 9.17) is 0 Å². The highest BCUT2D eigenvalue weighted by atomic mass is 127. The van der Waals surface area contributed by atoms with Crippen molar-refractivity contribution in [3.05, 3.63) is 32.9 Å². The van der Waals surface area contributed by atoms with Gasteiger partial charge >= 0.3 is 0 Å². The zero-order chi connectivity index (χ0) is 10.6. The molecule has 2 nitrogen and oxygen atoms in total. The SMILES string of the molecule is CCCNC(=O)c1ccc(C)cc1I. The average molecular weight is 303 g/mol. The molecule has 0 aliphatic rings. The second kappa shape index (κ2) is 5.34. The first-order valence-electron chi connectivity index (χ1n) is 4.69. The maximum Gasteiger partial charge on any atom is 0.252 e. The van der Waals surface area contributed by atoms with Crippen molar-refractivity contribution < 1.29 is 4.79 Å². The maximum atomic E-state index is 11.6. The molecular formula is C11H14INO. The van der Waals surface area contributed by atoms with Crippen molar-refractivity contribution in [2.75, 3.05) is 6.54 Å². The number of nitrogens with one attached hydrogen (secondary N) is 1. The molecule has 0 fully saturated rings. The molecule has 0 spiro atoms. The molecular weight excluding hydrogens is 289 g/mol. The van der Waals surface area contributed by atoms with Gasteiger partial charge in [0.25, 0.3) is 5.91 Å². The number of hydrogen-bond acceptors (Lipinski definition) is 1. The van der Waals surface area contributed by atoms with Gasteiger partial charge in [-0.1, -0.05) is 18.6 Å². The molecule has 1 aromatic carbocycles. The first-order valence-corrected chi connectivity index (χ1v) is 5.77. The average Bonchev–Trinajstić information content (AvgIpc) is 2.14. The largest absolute Gasteiger partial charge is 0.352 e. The monoisotopic (exact) mass is 303 g/mol. The Labute approximate surface area is 98.2 Å². The summed E-state index contributed by atoms with van der Waals surface area (Å²) in [5.74, 6) is 0.0243. The third kappa shape index (κ3) is 2.97. The van der Waals surface area contributed by atoms with Crippen LogP contribution in [0.5, 0.6) is 0 Å². The predicted molar refractivity (Wildman–Crippen MR) is 66.5 cm³/mol. The van der Waals surface area contributed by atoms with E-state index in [0.717, 1.165) is 22.1 Å². The second-order valence-electron chi connectivity index (χ2n) is 3.24. The van der Waals surface area contributed by atoms with Gasteiger partial charge in [-0.3, -0.25) is 4.79 Å². The predicted octanol–water partition coefficient (Wildman–Crippen LogP) is 2.74. The summed E-state index contributed by atoms with van der Waals surface area (Å²) in [6.07, 6.45) is 0.966. The van der Waals surface area contributed by atoms with E-state index in [1.54, 1.807) is 0 Å². The lowest BCUT2D eigenvalue weighted by atomic mass is 10.1. The molecule has 0 aliphatic carbocycles. The molecule has 1 amide bonds. The number of carbonyl (C=O) groups excluding carboxylic acids is 1. The molecule has 0 heterocycles. The van der Waals surface area contributed by atoms with E-state index in [0.29, 0.717) is 0 Å². The first kappa shape index (κ1) is 11.5. The lowest BCUT2D eigenvalue weighted by Crippen LogP contribution is -2.24. The summed E-state index contributed by atoms with van der Waals surface area (Å²) >= 11 is 2.19. The van der Waals surface area contributed by atoms with E-state index in [1.807, 2.05) is 32.0 Å². The standard InChI is InChI=1S/C11H14INO/c1-3-6-13-11(14)9-5-4-8(2)7-10(9)12/h4-5,7H,3,6H2,1-2H3,(H,13,14). The van der Waals surface area contributed by atoms with Crippen molar-refractivity contribution in [2.45, 2.75) is 20.3 Å². The number of rotatable bonds is 3. The molecule has 0 saturated carbocycles. The molecule has 0 unspecified atom stereocenters. The van der Waals surface area contributed by atoms with Crippen LogP contribution in [0.4, 0.5) is 0 Å². The number of halogens is 1. The van der Waals surface area contributed by atoms with E-state index < -0.39 is 0 Å². The van der Waals surface area contributed by atoms with Crippen LogP contribution in [0.25, 0.3) is 0 Å². The molecule has 14 heavy (non-hydrogen) atoms. The minimum atomic E-state index is 0.0243. The summed E-state index contributed by atoms with van der Waals surface area (Å²) in [6.45, 7) is 4.80. The van der Waals surface area contributed by atoms with Gasteiger partial charge in [0.15, 0.2) is 0 Å². The van der Waals surface area contributed by atoms with Crippen molar-refractivity contribution in [3.63, 3.8) is 0 Å². The number of benzene rings is 1. The quantitative estimate of drug-likeness (QED) is 0.855. The smallest absolute Gasteiger partial charge is 0.252 e. The number of aryl methyl sites for hydroxylation is 1. The Morgan fingerprint density at radius 1 is 1.50 bits per heavy atom. The fourth-order valence-corrected chi connectivity index (χ4v) is 2.05. The van der Waals surface area contributed by atoms with Gasteiger partial charge in [-0.05, 0) is 48.1 Å². The second-order valence-corrected chi connectivity index (χ2v) is 4.40. The highest BCUT2D eigenvalue weighted by molar-refractivity contribution is 14.1. The van der Waals surface area contributed by atoms with Gasteiger partial charge < -0.3 is 5.32 Å². The first-order chi connectivity index (χ1) is 6.65. The summed E-state index contributed by atoms with van der Waals surface area (Å²) in [5, 5.41) is 2.87. The van der Waals surface area contributed by atoms with E-state index in [2.05, 4.69) is 27.9 Å². The van der Waals surface area contributed by atoms with Crippen LogP contribution in [0.2, 0.25) is 0 Å². The molecule has 0 aromatic heterocycles. The molecule has 0 bridgehead atoms. The molecule has 0 saturated heterocycles. The van der Waals surface area contributed by atoms with Gasteiger partial charge in [-0.25, -0.2) is 0 Å². The zero-order valence-corrected chi connectivity index (χ0v) is 10.6. The summed E-state index contributed by atoms with van der Waals surface area (Å²) in [4.78, 5) is 11.6. The Morgan fingerprint density at radius 2 is 2.21 bits per heavy atom. The van der Waals surface area contributed by atoms with Crippen molar-refractivity contribution in [1.29, 1.82) is 0 Å². The Balaban J connectivity index is 2.80. The maximum absolute atomic E-state index is 11.6. The van der Waals surface area contributed by atoms with Crippen LogP contribution in [0.3, 0.4) is 0 Å². The van der Waals surface area contributed by atoms with Crippen LogP contribution in [0.15, 0.2) is 18.2 Å². The number of hydrogen-bond donors (Lipinski definition) is 1. The van der Waals surface area contributed by atoms with E-state index >= 15 is 0 Å². The van der Waals surface area contributed by atoms with Crippen molar-refractivity contribution in [3.8, 4) is 0 Å². The van der Waals surface area contributed by atoms with Gasteiger partial charge in [0.1, 0.15) is 0 Å². The van der Waals surface area contributed by atoms with Gasteiger partial charge in [0, 0.05) is 10.1 Å². The summed E-state index contributed by atoms with van der Waals surface area (Å²) in [6, 6.07) is 5.85. The van der Waals surface area contributed by atoms with E-state index in [-0.39, 0.29) is 5.91 Å². The normalized spacial score (nSPS) is 9.93. The zero-order valence-electron chi connectivity index (χ0n) is 8.43. The highest BCUT2D eigenvalue weighted by Crippen LogP contribution is 2.13. The lowest BCUT2D eigenvalue weighted by Gasteiger charge is -2.06. The van der Waals surface area contributed by atoms with Crippen LogP contribution in [0, 0.1) is 10.5 Å². The Bertz CT molecular complexity index is 336. The molecule has 0 aliphatic heterocycles. The number of amides is 1. The lowest BCUT2D eigenvalue weighted by molar-refractivity contribution is 0.0953. The Morgan fingerprint density at radius 3 is 2.79 bits per heavy atom. The van der Waals surface area contributed by atoms with Crippen LogP contribution in [-0.2, 0) is 0 Å². The van der Waals surface area contributed by atoms with Gasteiger partial charge in [-0.15, -0.1) is 0 Å². The summed E-state index contributed by atoms with van der Waals surface area (Å²) in [7, 11) is 0. The van der Waals surface area contributed by atoms with Crippen molar-refractivity contribution >= 4 is 28.5 Å². The van der Waals surface area contributed by atoms with Crippen LogP contribution in [0.1, 0.15) is 29.3 Å². The fraction of sp³-hybridized carbons (Fsp3) is 0.364. The van der Waals surface area contributed by atoms with E-state index in [1.165, 1.54) is 5.56 Å². The van der Waals surface area contributed by atoms with Gasteiger partial charge in [0.2, 0.25) is 0 Å². The third-order valence-corrected chi connectivity index (χ3v) is 2.80. The highest BCUT2D eigenvalue weighted by Gasteiger charge is 2.08. The fourth-order valence-electron chi connectivity index (χ4n) is 1.14. The topological polar surface area (TPSA) is 29.1 Å². The van der Waals surface area contributed by atoms with Crippen molar-refractivity contribution in [2.24, 2.45) is 0 Å². The van der Waals surface area contributed by atoms with Gasteiger partial charge in [0.05, 0.1) is 5.56 Å².